The van der Waals surface area contributed by atoms with E-state index in [1.54, 1.807) is 6.20 Å². The van der Waals surface area contributed by atoms with E-state index < -0.39 is 0 Å². The first-order valence-electron chi connectivity index (χ1n) is 3.09. The molecular formula is C7H5ClN2S. The van der Waals surface area contributed by atoms with E-state index in [0.29, 0.717) is 5.02 Å². The zero-order chi connectivity index (χ0) is 7.84. The molecule has 2 aromatic heterocycles. The third-order valence-electron chi connectivity index (χ3n) is 1.51. The van der Waals surface area contributed by atoms with Crippen molar-refractivity contribution < 1.29 is 0 Å². The lowest BCUT2D eigenvalue weighted by molar-refractivity contribution is 1.30. The van der Waals surface area contributed by atoms with Crippen LogP contribution in [0.4, 0.5) is 0 Å². The van der Waals surface area contributed by atoms with Crippen LogP contribution in [0.2, 0.25) is 5.02 Å². The van der Waals surface area contributed by atoms with Gasteiger partial charge < -0.3 is 4.98 Å². The largest absolute Gasteiger partial charge is 0.346 e. The molecule has 2 rings (SSSR count). The minimum absolute atomic E-state index is 0.584. The van der Waals surface area contributed by atoms with Crippen molar-refractivity contribution in [3.05, 3.63) is 23.5 Å². The van der Waals surface area contributed by atoms with Crippen molar-refractivity contribution in [2.45, 2.75) is 4.90 Å². The smallest absolute Gasteiger partial charge is 0.138 e. The molecular weight excluding hydrogens is 180 g/mol. The lowest BCUT2D eigenvalue weighted by Crippen LogP contribution is -1.77. The Bertz CT molecular complexity index is 396. The first-order valence-corrected chi connectivity index (χ1v) is 3.92. The Morgan fingerprint density at radius 3 is 3.18 bits per heavy atom. The van der Waals surface area contributed by atoms with E-state index in [-0.39, 0.29) is 0 Å². The molecule has 1 N–H and O–H groups in total. The Balaban J connectivity index is 2.93. The first-order chi connectivity index (χ1) is 5.29. The summed E-state index contributed by atoms with van der Waals surface area (Å²) in [6.07, 6.45) is 3.40. The van der Waals surface area contributed by atoms with Gasteiger partial charge in [-0.25, -0.2) is 4.98 Å². The summed E-state index contributed by atoms with van der Waals surface area (Å²) in [5, 5.41) is 1.54. The number of aromatic nitrogens is 2. The van der Waals surface area contributed by atoms with Crippen LogP contribution in [0.3, 0.4) is 0 Å². The predicted molar refractivity (Wildman–Crippen MR) is 48.4 cm³/mol. The summed E-state index contributed by atoms with van der Waals surface area (Å²) in [7, 11) is 0. The number of thiol groups is 1. The minimum atomic E-state index is 0.584. The van der Waals surface area contributed by atoms with Gasteiger partial charge in [0.2, 0.25) is 0 Å². The van der Waals surface area contributed by atoms with Crippen LogP contribution in [0.1, 0.15) is 0 Å². The van der Waals surface area contributed by atoms with Gasteiger partial charge in [-0.2, -0.15) is 0 Å². The van der Waals surface area contributed by atoms with Gasteiger partial charge in [0.25, 0.3) is 0 Å². The van der Waals surface area contributed by atoms with Crippen LogP contribution in [0.25, 0.3) is 11.0 Å². The second kappa shape index (κ2) is 2.43. The Hall–Kier alpha value is -0.670. The highest BCUT2D eigenvalue weighted by atomic mass is 35.5. The Kier molecular flexibility index (Phi) is 1.55. The van der Waals surface area contributed by atoms with Crippen molar-refractivity contribution in [3.8, 4) is 0 Å². The van der Waals surface area contributed by atoms with Gasteiger partial charge in [0.15, 0.2) is 0 Å². The maximum Gasteiger partial charge on any atom is 0.138 e. The van der Waals surface area contributed by atoms with Crippen molar-refractivity contribution in [3.63, 3.8) is 0 Å². The molecule has 0 aliphatic rings. The molecule has 2 nitrogen and oxygen atoms in total. The molecule has 2 aromatic rings. The number of rotatable bonds is 0. The summed E-state index contributed by atoms with van der Waals surface area (Å²) in [5.74, 6) is 0. The van der Waals surface area contributed by atoms with Gasteiger partial charge in [-0.15, -0.1) is 12.6 Å². The highest BCUT2D eigenvalue weighted by Gasteiger charge is 2.02. The summed E-state index contributed by atoms with van der Waals surface area (Å²) in [6.45, 7) is 0. The van der Waals surface area contributed by atoms with Gasteiger partial charge in [0, 0.05) is 22.7 Å². The Labute approximate surface area is 74.0 Å². The molecule has 0 bridgehead atoms. The molecule has 2 heterocycles. The molecule has 0 spiro atoms. The zero-order valence-electron chi connectivity index (χ0n) is 5.50. The molecule has 11 heavy (non-hydrogen) atoms. The van der Waals surface area contributed by atoms with Crippen molar-refractivity contribution in [2.24, 2.45) is 0 Å². The molecule has 56 valence electrons. The number of nitrogens with one attached hydrogen (secondary N) is 1. The van der Waals surface area contributed by atoms with Gasteiger partial charge in [0.05, 0.1) is 5.02 Å². The highest BCUT2D eigenvalue weighted by Crippen LogP contribution is 2.26. The lowest BCUT2D eigenvalue weighted by atomic mass is 10.3. The van der Waals surface area contributed by atoms with Gasteiger partial charge >= 0.3 is 0 Å². The number of hydrogen-bond acceptors (Lipinski definition) is 2. The first kappa shape index (κ1) is 7.00. The molecule has 4 heteroatoms. The fourth-order valence-corrected chi connectivity index (χ4v) is 1.36. The highest BCUT2D eigenvalue weighted by molar-refractivity contribution is 7.80. The molecule has 0 atom stereocenters. The number of pyridine rings is 1. The second-order valence-electron chi connectivity index (χ2n) is 2.19. The van der Waals surface area contributed by atoms with Crippen LogP contribution in [0.15, 0.2) is 23.4 Å². The predicted octanol–water partition coefficient (Wildman–Crippen LogP) is 2.50. The molecule has 0 unspecified atom stereocenters. The number of aromatic amines is 1. The summed E-state index contributed by atoms with van der Waals surface area (Å²) >= 11 is 10.0. The minimum Gasteiger partial charge on any atom is -0.346 e. The van der Waals surface area contributed by atoms with Gasteiger partial charge in [-0.05, 0) is 6.07 Å². The molecule has 0 saturated carbocycles. The maximum absolute atomic E-state index is 5.79. The third kappa shape index (κ3) is 1.01. The van der Waals surface area contributed by atoms with Crippen LogP contribution in [0, 0.1) is 0 Å². The average molecular weight is 185 g/mol. The molecule has 0 fully saturated rings. The fraction of sp³-hybridized carbons (Fsp3) is 0. The summed E-state index contributed by atoms with van der Waals surface area (Å²) in [5.41, 5.74) is 0.819. The third-order valence-corrected chi connectivity index (χ3v) is 2.41. The van der Waals surface area contributed by atoms with Crippen molar-refractivity contribution in [2.75, 3.05) is 0 Å². The normalized spacial score (nSPS) is 10.7. The SMILES string of the molecule is Sc1c(Cl)cnc2[nH]ccc12. The van der Waals surface area contributed by atoms with E-state index in [0.717, 1.165) is 15.9 Å². The molecule has 0 aromatic carbocycles. The Morgan fingerprint density at radius 1 is 1.55 bits per heavy atom. The molecule has 0 amide bonds. The number of nitrogens with zero attached hydrogens (tertiary/aromatic N) is 1. The zero-order valence-corrected chi connectivity index (χ0v) is 7.15. The fourth-order valence-electron chi connectivity index (χ4n) is 0.970. The number of H-pyrrole nitrogens is 1. The molecule has 0 aliphatic heterocycles. The lowest BCUT2D eigenvalue weighted by Gasteiger charge is -1.95. The Morgan fingerprint density at radius 2 is 2.36 bits per heavy atom. The van der Waals surface area contributed by atoms with Crippen molar-refractivity contribution in [1.29, 1.82) is 0 Å². The van der Waals surface area contributed by atoms with E-state index in [1.807, 2.05) is 12.3 Å². The molecule has 0 radical (unpaired) electrons. The van der Waals surface area contributed by atoms with E-state index in [9.17, 15) is 0 Å². The summed E-state index contributed by atoms with van der Waals surface area (Å²) in [6, 6.07) is 1.90. The van der Waals surface area contributed by atoms with Crippen LogP contribution in [-0.2, 0) is 0 Å². The van der Waals surface area contributed by atoms with Gasteiger partial charge in [0.1, 0.15) is 5.65 Å². The number of fused-ring (bicyclic) bond motifs is 1. The van der Waals surface area contributed by atoms with Crippen molar-refractivity contribution in [1.82, 2.24) is 9.97 Å². The van der Waals surface area contributed by atoms with Gasteiger partial charge in [-0.1, -0.05) is 11.6 Å². The van der Waals surface area contributed by atoms with Crippen LogP contribution in [0.5, 0.6) is 0 Å². The van der Waals surface area contributed by atoms with Crippen molar-refractivity contribution >= 4 is 35.3 Å². The average Bonchev–Trinajstić information content (AvgIpc) is 2.45. The van der Waals surface area contributed by atoms with E-state index >= 15 is 0 Å². The second-order valence-corrected chi connectivity index (χ2v) is 3.05. The quantitative estimate of drug-likeness (QED) is 0.606. The van der Waals surface area contributed by atoms with Crippen LogP contribution >= 0.6 is 24.2 Å². The summed E-state index contributed by atoms with van der Waals surface area (Å²) in [4.78, 5) is 7.81. The van der Waals surface area contributed by atoms with Crippen LogP contribution in [-0.4, -0.2) is 9.97 Å². The van der Waals surface area contributed by atoms with E-state index in [2.05, 4.69) is 22.6 Å². The topological polar surface area (TPSA) is 28.7 Å². The monoisotopic (exact) mass is 184 g/mol. The maximum atomic E-state index is 5.79. The van der Waals surface area contributed by atoms with Crippen LogP contribution < -0.4 is 0 Å². The van der Waals surface area contributed by atoms with E-state index in [1.165, 1.54) is 0 Å². The summed E-state index contributed by atoms with van der Waals surface area (Å²) < 4.78 is 0. The number of halogens is 1. The van der Waals surface area contributed by atoms with Gasteiger partial charge in [-0.3, -0.25) is 0 Å². The number of hydrogen-bond donors (Lipinski definition) is 2. The van der Waals surface area contributed by atoms with E-state index in [4.69, 9.17) is 11.6 Å². The molecule has 0 saturated heterocycles. The standard InChI is InChI=1S/C7H5ClN2S/c8-5-3-10-7-4(6(5)11)1-2-9-7/h1-3H,(H2,9,10,11). The molecule has 0 aliphatic carbocycles.